The molecule has 0 unspecified atom stereocenters. The van der Waals surface area contributed by atoms with Gasteiger partial charge < -0.3 is 9.72 Å². The number of nitrogens with zero attached hydrogens (tertiary/aromatic N) is 2. The zero-order valence-corrected chi connectivity index (χ0v) is 13.9. The second kappa shape index (κ2) is 6.52. The van der Waals surface area contributed by atoms with Crippen LogP contribution in [-0.2, 0) is 11.9 Å². The first-order chi connectivity index (χ1) is 11.4. The van der Waals surface area contributed by atoms with Crippen molar-refractivity contribution in [1.82, 2.24) is 15.0 Å². The van der Waals surface area contributed by atoms with E-state index in [1.165, 1.54) is 24.9 Å². The van der Waals surface area contributed by atoms with Gasteiger partial charge in [0, 0.05) is 18.0 Å². The molecule has 24 heavy (non-hydrogen) atoms. The molecule has 1 N–H and O–H groups in total. The van der Waals surface area contributed by atoms with Crippen molar-refractivity contribution < 1.29 is 17.9 Å². The minimum Gasteiger partial charge on any atom is -0.495 e. The Bertz CT molecular complexity index is 882. The van der Waals surface area contributed by atoms with Crippen LogP contribution in [0, 0.1) is 0 Å². The second-order valence-electron chi connectivity index (χ2n) is 4.83. The highest BCUT2D eigenvalue weighted by molar-refractivity contribution is 7.98. The molecule has 0 amide bonds. The summed E-state index contributed by atoms with van der Waals surface area (Å²) in [6.07, 6.45) is -2.81. The van der Waals surface area contributed by atoms with Crippen LogP contribution < -0.4 is 4.74 Å². The minimum atomic E-state index is -4.38. The summed E-state index contributed by atoms with van der Waals surface area (Å²) in [5, 5.41) is 0.896. The molecule has 4 nitrogen and oxygen atoms in total. The fourth-order valence-corrected chi connectivity index (χ4v) is 3.27. The molecule has 2 heterocycles. The molecule has 0 aliphatic rings. The van der Waals surface area contributed by atoms with Gasteiger partial charge >= 0.3 is 6.18 Å². The molecule has 0 spiro atoms. The molecular weight excluding hydrogens is 363 g/mol. The molecule has 9 heteroatoms. The number of alkyl halides is 3. The van der Waals surface area contributed by atoms with Crippen LogP contribution in [0.2, 0.25) is 5.02 Å². The van der Waals surface area contributed by atoms with E-state index in [0.29, 0.717) is 38.4 Å². The van der Waals surface area contributed by atoms with Gasteiger partial charge in [0.15, 0.2) is 5.16 Å². The topological polar surface area (TPSA) is 50.8 Å². The summed E-state index contributed by atoms with van der Waals surface area (Å²) < 4.78 is 43.3. The van der Waals surface area contributed by atoms with Gasteiger partial charge in [0.25, 0.3) is 0 Å². The third-order valence-corrected chi connectivity index (χ3v) is 4.57. The van der Waals surface area contributed by atoms with Crippen molar-refractivity contribution in [2.75, 3.05) is 7.11 Å². The number of imidazole rings is 1. The predicted molar refractivity (Wildman–Crippen MR) is 86.5 cm³/mol. The summed E-state index contributed by atoms with van der Waals surface area (Å²) in [4.78, 5) is 11.3. The first-order valence-electron chi connectivity index (χ1n) is 6.75. The SMILES string of the molecule is COc1ccnc(CSc2nc3ccc(C(F)(F)F)cc3[nH]2)c1Cl. The van der Waals surface area contributed by atoms with Crippen LogP contribution in [0.1, 0.15) is 11.3 Å². The van der Waals surface area contributed by atoms with Crippen molar-refractivity contribution in [1.29, 1.82) is 0 Å². The summed E-state index contributed by atoms with van der Waals surface area (Å²) in [5.74, 6) is 0.920. The van der Waals surface area contributed by atoms with E-state index in [0.717, 1.165) is 12.1 Å². The maximum atomic E-state index is 12.7. The van der Waals surface area contributed by atoms with E-state index in [1.807, 2.05) is 0 Å². The van der Waals surface area contributed by atoms with Crippen LogP contribution in [0.4, 0.5) is 13.2 Å². The van der Waals surface area contributed by atoms with E-state index >= 15 is 0 Å². The summed E-state index contributed by atoms with van der Waals surface area (Å²) in [6, 6.07) is 5.05. The number of hydrogen-bond acceptors (Lipinski definition) is 4. The lowest BCUT2D eigenvalue weighted by Crippen LogP contribution is -2.04. The predicted octanol–water partition coefficient (Wildman–Crippen LogP) is 4.93. The van der Waals surface area contributed by atoms with E-state index in [4.69, 9.17) is 16.3 Å². The van der Waals surface area contributed by atoms with Gasteiger partial charge in [-0.2, -0.15) is 13.2 Å². The number of aromatic amines is 1. The van der Waals surface area contributed by atoms with Gasteiger partial charge in [-0.3, -0.25) is 4.98 Å². The van der Waals surface area contributed by atoms with Crippen LogP contribution in [-0.4, -0.2) is 22.1 Å². The number of nitrogens with one attached hydrogen (secondary N) is 1. The van der Waals surface area contributed by atoms with Crippen LogP contribution in [0.15, 0.2) is 35.6 Å². The molecule has 0 atom stereocenters. The van der Waals surface area contributed by atoms with Crippen LogP contribution in [0.3, 0.4) is 0 Å². The van der Waals surface area contributed by atoms with E-state index in [9.17, 15) is 13.2 Å². The van der Waals surface area contributed by atoms with Gasteiger partial charge in [-0.05, 0) is 18.2 Å². The maximum absolute atomic E-state index is 12.7. The summed E-state index contributed by atoms with van der Waals surface area (Å²) >= 11 is 7.46. The molecule has 2 aromatic heterocycles. The summed E-state index contributed by atoms with van der Waals surface area (Å²) in [5.41, 5.74) is 0.692. The van der Waals surface area contributed by atoms with Crippen LogP contribution >= 0.6 is 23.4 Å². The Morgan fingerprint density at radius 2 is 2.08 bits per heavy atom. The van der Waals surface area contributed by atoms with E-state index in [2.05, 4.69) is 15.0 Å². The summed E-state index contributed by atoms with van der Waals surface area (Å²) in [6.45, 7) is 0. The molecule has 0 bridgehead atoms. The zero-order valence-electron chi connectivity index (χ0n) is 12.3. The largest absolute Gasteiger partial charge is 0.495 e. The molecule has 0 aliphatic carbocycles. The van der Waals surface area contributed by atoms with Crippen molar-refractivity contribution in [3.8, 4) is 5.75 Å². The van der Waals surface area contributed by atoms with Gasteiger partial charge in [0.1, 0.15) is 10.8 Å². The van der Waals surface area contributed by atoms with Crippen molar-refractivity contribution in [2.45, 2.75) is 17.1 Å². The number of thioether (sulfide) groups is 1. The fraction of sp³-hybridized carbons (Fsp3) is 0.200. The molecule has 3 rings (SSSR count). The molecule has 1 aromatic carbocycles. The Morgan fingerprint density at radius 1 is 1.29 bits per heavy atom. The molecule has 0 saturated heterocycles. The molecular formula is C15H11ClF3N3OS. The third kappa shape index (κ3) is 3.44. The second-order valence-corrected chi connectivity index (χ2v) is 6.18. The Labute approximate surface area is 144 Å². The Hall–Kier alpha value is -1.93. The molecule has 0 fully saturated rings. The van der Waals surface area contributed by atoms with E-state index < -0.39 is 11.7 Å². The fourth-order valence-electron chi connectivity index (χ4n) is 2.09. The number of pyridine rings is 1. The highest BCUT2D eigenvalue weighted by atomic mass is 35.5. The molecule has 0 aliphatic heterocycles. The standard InChI is InChI=1S/C15H11ClF3N3OS/c1-23-12-4-5-20-11(13(12)16)7-24-14-21-9-3-2-8(15(17,18)19)6-10(9)22-14/h2-6H,7H2,1H3,(H,21,22). The lowest BCUT2D eigenvalue weighted by molar-refractivity contribution is -0.137. The number of ether oxygens (including phenoxy) is 1. The Kier molecular flexibility index (Phi) is 4.60. The van der Waals surface area contributed by atoms with Gasteiger partial charge in [0.05, 0.1) is 29.4 Å². The summed E-state index contributed by atoms with van der Waals surface area (Å²) in [7, 11) is 1.51. The first-order valence-corrected chi connectivity index (χ1v) is 8.12. The van der Waals surface area contributed by atoms with Crippen molar-refractivity contribution in [3.63, 3.8) is 0 Å². The van der Waals surface area contributed by atoms with Crippen LogP contribution in [0.5, 0.6) is 5.75 Å². The molecule has 0 saturated carbocycles. The normalized spacial score (nSPS) is 11.9. The highest BCUT2D eigenvalue weighted by Crippen LogP contribution is 2.33. The van der Waals surface area contributed by atoms with Crippen molar-refractivity contribution >= 4 is 34.4 Å². The Balaban J connectivity index is 1.81. The number of aromatic nitrogens is 3. The maximum Gasteiger partial charge on any atom is 0.416 e. The lowest BCUT2D eigenvalue weighted by atomic mass is 10.2. The van der Waals surface area contributed by atoms with E-state index in [-0.39, 0.29) is 0 Å². The van der Waals surface area contributed by atoms with Gasteiger partial charge in [0.2, 0.25) is 0 Å². The minimum absolute atomic E-state index is 0.331. The van der Waals surface area contributed by atoms with Gasteiger partial charge in [-0.15, -0.1) is 0 Å². The number of hydrogen-bond donors (Lipinski definition) is 1. The average molecular weight is 374 g/mol. The van der Waals surface area contributed by atoms with Crippen LogP contribution in [0.25, 0.3) is 11.0 Å². The van der Waals surface area contributed by atoms with E-state index in [1.54, 1.807) is 12.3 Å². The molecule has 0 radical (unpaired) electrons. The number of fused-ring (bicyclic) bond motifs is 1. The molecule has 3 aromatic rings. The van der Waals surface area contributed by atoms with Crippen molar-refractivity contribution in [2.24, 2.45) is 0 Å². The van der Waals surface area contributed by atoms with Gasteiger partial charge in [-0.25, -0.2) is 4.98 Å². The number of halogens is 4. The quantitative estimate of drug-likeness (QED) is 0.659. The number of benzene rings is 1. The monoisotopic (exact) mass is 373 g/mol. The highest BCUT2D eigenvalue weighted by Gasteiger charge is 2.30. The van der Waals surface area contributed by atoms with Gasteiger partial charge in [-0.1, -0.05) is 23.4 Å². The number of H-pyrrole nitrogens is 1. The smallest absolute Gasteiger partial charge is 0.416 e. The third-order valence-electron chi connectivity index (χ3n) is 3.28. The first kappa shape index (κ1) is 16.9. The number of rotatable bonds is 4. The molecule has 126 valence electrons. The zero-order chi connectivity index (χ0) is 17.3. The van der Waals surface area contributed by atoms with Crippen molar-refractivity contribution in [3.05, 3.63) is 46.7 Å². The Morgan fingerprint density at radius 3 is 2.79 bits per heavy atom. The average Bonchev–Trinajstić information content (AvgIpc) is 2.95. The number of methoxy groups -OCH3 is 1. The lowest BCUT2D eigenvalue weighted by Gasteiger charge is -2.06.